The van der Waals surface area contributed by atoms with Gasteiger partial charge < -0.3 is 43.6 Å². The van der Waals surface area contributed by atoms with E-state index < -0.39 is 47.1 Å². The van der Waals surface area contributed by atoms with E-state index in [1.54, 1.807) is 14.2 Å². The number of H-pyrrole nitrogens is 1. The number of hydrogen-bond acceptors (Lipinski definition) is 14. The largest absolute Gasteiger partial charge is 0.504 e. The van der Waals surface area contributed by atoms with Crippen molar-refractivity contribution in [2.45, 2.75) is 74.8 Å². The van der Waals surface area contributed by atoms with Crippen LogP contribution in [0, 0.1) is 13.8 Å². The summed E-state index contributed by atoms with van der Waals surface area (Å²) in [5.41, 5.74) is 5.79. The van der Waals surface area contributed by atoms with Gasteiger partial charge in [0.15, 0.2) is 28.5 Å². The molecule has 7 aliphatic heterocycles. The molecular formula is C41H44N4O10S. The van der Waals surface area contributed by atoms with Crippen LogP contribution in [0.25, 0.3) is 10.9 Å². The first-order chi connectivity index (χ1) is 27.0. The fourth-order valence-corrected chi connectivity index (χ4v) is 12.2. The van der Waals surface area contributed by atoms with E-state index in [1.165, 1.54) is 18.7 Å². The number of ether oxygens (including phenoxy) is 6. The maximum Gasteiger partial charge on any atom is 0.333 e. The van der Waals surface area contributed by atoms with Gasteiger partial charge in [0.05, 0.1) is 43.3 Å². The van der Waals surface area contributed by atoms with Crippen LogP contribution < -0.4 is 29.0 Å². The van der Waals surface area contributed by atoms with E-state index in [1.807, 2.05) is 50.1 Å². The number of aryl methyl sites for hydroxylation is 1. The molecule has 4 N–H and O–H groups in total. The van der Waals surface area contributed by atoms with Crippen LogP contribution in [0.4, 0.5) is 0 Å². The molecule has 56 heavy (non-hydrogen) atoms. The molecule has 4 bridgehead atoms. The molecule has 15 heteroatoms. The molecule has 8 heterocycles. The number of aromatic amines is 1. The first-order valence-corrected chi connectivity index (χ1v) is 20.0. The van der Waals surface area contributed by atoms with Crippen molar-refractivity contribution in [3.63, 3.8) is 0 Å². The second kappa shape index (κ2) is 12.7. The fourth-order valence-electron chi connectivity index (χ4n) is 10.6. The molecule has 0 aliphatic carbocycles. The number of phenolic OH excluding ortho intramolecular Hbond substituents is 1. The number of piperazine rings is 1. The Morgan fingerprint density at radius 2 is 1.86 bits per heavy atom. The first kappa shape index (κ1) is 35.7. The summed E-state index contributed by atoms with van der Waals surface area (Å²) < 4.78 is 36.2. The minimum Gasteiger partial charge on any atom is -0.504 e. The lowest BCUT2D eigenvalue weighted by atomic mass is 9.73. The molecule has 7 atom stereocenters. The average molecular weight is 785 g/mol. The third kappa shape index (κ3) is 4.71. The Hall–Kier alpha value is -4.67. The van der Waals surface area contributed by atoms with Crippen LogP contribution in [-0.4, -0.2) is 102 Å². The summed E-state index contributed by atoms with van der Waals surface area (Å²) in [4.78, 5) is 35.6. The second-order valence-corrected chi connectivity index (χ2v) is 16.8. The molecule has 0 saturated carbocycles. The zero-order valence-corrected chi connectivity index (χ0v) is 32.8. The number of aromatic hydroxyl groups is 1. The lowest BCUT2D eigenvalue weighted by Crippen LogP contribution is -2.70. The summed E-state index contributed by atoms with van der Waals surface area (Å²) in [6.45, 7) is 5.46. The van der Waals surface area contributed by atoms with E-state index >= 15 is 0 Å². The summed E-state index contributed by atoms with van der Waals surface area (Å²) in [5.74, 6) is 1.73. The maximum atomic E-state index is 14.9. The molecular weight excluding hydrogens is 741 g/mol. The highest BCUT2D eigenvalue weighted by Gasteiger charge is 2.61. The number of thioether (sulfide) groups is 1. The topological polar surface area (TPSA) is 164 Å². The summed E-state index contributed by atoms with van der Waals surface area (Å²) in [6, 6.07) is 5.77. The number of hydrogen-bond donors (Lipinski definition) is 4. The minimum atomic E-state index is -1.28. The highest BCUT2D eigenvalue weighted by Crippen LogP contribution is 2.64. The van der Waals surface area contributed by atoms with Crippen molar-refractivity contribution >= 4 is 34.6 Å². The number of rotatable bonds is 3. The van der Waals surface area contributed by atoms with Gasteiger partial charge in [0.25, 0.3) is 0 Å². The smallest absolute Gasteiger partial charge is 0.333 e. The maximum absolute atomic E-state index is 14.9. The standard InChI is InChI=1S/C41H44N4O10S/c1-17-11-20-12-25-39(48)45-26-14-52-40(49)41(38-22(9-10-42-41)23-13-21(50-5)7-8-24(23)43-38)15-56-37(31(45)30(44(25)4)27(20)32(47)33(17)51-6)29-28(26)36-35(53-16-54-36)18(2)34(29)55-19(3)46/h7-8,11,13,25-26,30-31,37,39,42-43,47-48H,9-10,12,14-16H2,1-6H3/t25-,26-,30+,31+,37-,39-,41+/m0/s1. The van der Waals surface area contributed by atoms with Gasteiger partial charge in [0, 0.05) is 58.4 Å². The number of aliphatic hydroxyl groups is 1. The normalized spacial score (nSPS) is 28.9. The number of phenols is 1. The van der Waals surface area contributed by atoms with Crippen molar-refractivity contribution < 1.29 is 48.2 Å². The van der Waals surface area contributed by atoms with Gasteiger partial charge >= 0.3 is 11.9 Å². The van der Waals surface area contributed by atoms with Gasteiger partial charge in [-0.05, 0) is 68.6 Å². The van der Waals surface area contributed by atoms with Crippen molar-refractivity contribution in [3.05, 3.63) is 68.9 Å². The number of benzene rings is 3. The van der Waals surface area contributed by atoms with Gasteiger partial charge in [-0.3, -0.25) is 19.9 Å². The van der Waals surface area contributed by atoms with Crippen molar-refractivity contribution in [1.29, 1.82) is 0 Å². The van der Waals surface area contributed by atoms with Crippen LogP contribution in [0.5, 0.6) is 34.5 Å². The predicted octanol–water partition coefficient (Wildman–Crippen LogP) is 4.19. The van der Waals surface area contributed by atoms with Crippen LogP contribution in [0.15, 0.2) is 24.3 Å². The molecule has 0 amide bonds. The Balaban J connectivity index is 1.23. The van der Waals surface area contributed by atoms with E-state index in [4.69, 9.17) is 28.4 Å². The highest BCUT2D eigenvalue weighted by molar-refractivity contribution is 7.99. The summed E-state index contributed by atoms with van der Waals surface area (Å²) in [7, 11) is 5.17. The summed E-state index contributed by atoms with van der Waals surface area (Å²) >= 11 is 1.53. The second-order valence-electron chi connectivity index (χ2n) is 15.6. The van der Waals surface area contributed by atoms with E-state index in [-0.39, 0.29) is 30.9 Å². The molecule has 7 aliphatic rings. The quantitative estimate of drug-likeness (QED) is 0.173. The van der Waals surface area contributed by atoms with Gasteiger partial charge in [0.2, 0.25) is 6.79 Å². The lowest BCUT2D eigenvalue weighted by Gasteiger charge is -2.62. The SMILES string of the molecule is COc1ccc2[nH]c3c(c2c1)CCN[C@]31CS[C@H]2c3c(OC(C)=O)c(C)c4c(c3[C@H](COC1=O)N1[C@@H]2[C@H]2c3c(cc(C)c(OC)c3O)C[C@@H]([C@@H]1O)N2C)OCO4. The molecule has 0 radical (unpaired) electrons. The summed E-state index contributed by atoms with van der Waals surface area (Å²) in [6.07, 6.45) is 0.129. The summed E-state index contributed by atoms with van der Waals surface area (Å²) in [5, 5.41) is 28.7. The van der Waals surface area contributed by atoms with Gasteiger partial charge in [-0.25, -0.2) is 4.79 Å². The Bertz CT molecular complexity index is 2360. The van der Waals surface area contributed by atoms with Crippen LogP contribution in [0.3, 0.4) is 0 Å². The third-order valence-electron chi connectivity index (χ3n) is 12.9. The molecule has 2 fully saturated rings. The van der Waals surface area contributed by atoms with Gasteiger partial charge in [0.1, 0.15) is 24.3 Å². The van der Waals surface area contributed by atoms with Gasteiger partial charge in [-0.2, -0.15) is 0 Å². The number of nitrogens with zero attached hydrogens (tertiary/aromatic N) is 2. The van der Waals surface area contributed by atoms with E-state index in [0.29, 0.717) is 59.1 Å². The molecule has 2 saturated heterocycles. The number of carbonyl (C=O) groups excluding carboxylic acids is 2. The number of aliphatic hydroxyl groups excluding tert-OH is 1. The van der Waals surface area contributed by atoms with Gasteiger partial charge in [-0.1, -0.05) is 6.07 Å². The Labute approximate surface area is 327 Å². The number of fused-ring (bicyclic) bond motifs is 11. The zero-order chi connectivity index (χ0) is 38.9. The van der Waals surface area contributed by atoms with Gasteiger partial charge in [-0.15, -0.1) is 11.8 Å². The fraction of sp³-hybridized carbons (Fsp3) is 0.463. The van der Waals surface area contributed by atoms with Crippen molar-refractivity contribution in [1.82, 2.24) is 20.1 Å². The molecule has 294 valence electrons. The predicted molar refractivity (Wildman–Crippen MR) is 205 cm³/mol. The van der Waals surface area contributed by atoms with Crippen LogP contribution in [0.1, 0.15) is 68.9 Å². The molecule has 0 unspecified atom stereocenters. The van der Waals surface area contributed by atoms with Crippen molar-refractivity contribution in [2.75, 3.05) is 47.0 Å². The number of carbonyl (C=O) groups is 2. The molecule has 4 aromatic rings. The molecule has 1 aromatic heterocycles. The minimum absolute atomic E-state index is 0.0439. The Kier molecular flexibility index (Phi) is 8.08. The number of likely N-dealkylation sites (N-methyl/N-ethyl adjacent to an activating group) is 1. The lowest BCUT2D eigenvalue weighted by molar-refractivity contribution is -0.186. The first-order valence-electron chi connectivity index (χ1n) is 18.9. The molecule has 1 spiro atoms. The number of methoxy groups -OCH3 is 2. The number of aromatic nitrogens is 1. The third-order valence-corrected chi connectivity index (χ3v) is 14.4. The van der Waals surface area contributed by atoms with Crippen molar-refractivity contribution in [2.24, 2.45) is 0 Å². The Morgan fingerprint density at radius 1 is 1.05 bits per heavy atom. The average Bonchev–Trinajstić information content (AvgIpc) is 3.82. The van der Waals surface area contributed by atoms with Crippen LogP contribution in [-0.2, 0) is 32.7 Å². The molecule has 3 aromatic carbocycles. The van der Waals surface area contributed by atoms with Crippen molar-refractivity contribution in [3.8, 4) is 34.5 Å². The van der Waals surface area contributed by atoms with E-state index in [9.17, 15) is 19.8 Å². The van der Waals surface area contributed by atoms with E-state index in [2.05, 4.69) is 15.2 Å². The Morgan fingerprint density at radius 3 is 2.62 bits per heavy atom. The monoisotopic (exact) mass is 784 g/mol. The zero-order valence-electron chi connectivity index (χ0n) is 32.0. The van der Waals surface area contributed by atoms with E-state index in [0.717, 1.165) is 44.6 Å². The number of nitrogens with one attached hydrogen (secondary N) is 2. The van der Waals surface area contributed by atoms with Crippen LogP contribution >= 0.6 is 11.8 Å². The molecule has 14 nitrogen and oxygen atoms in total. The highest BCUT2D eigenvalue weighted by atomic mass is 32.2. The van der Waals surface area contributed by atoms with Crippen LogP contribution in [0.2, 0.25) is 0 Å². The molecule has 11 rings (SSSR count). The number of esters is 2.